The summed E-state index contributed by atoms with van der Waals surface area (Å²) >= 11 is 5.95. The smallest absolute Gasteiger partial charge is 0.252 e. The third-order valence-corrected chi connectivity index (χ3v) is 5.86. The summed E-state index contributed by atoms with van der Waals surface area (Å²) in [6.45, 7) is 5.85. The summed E-state index contributed by atoms with van der Waals surface area (Å²) in [5, 5.41) is 3.64. The largest absolute Gasteiger partial charge is 0.492 e. The van der Waals surface area contributed by atoms with Crippen molar-refractivity contribution in [2.24, 2.45) is 5.73 Å². The minimum atomic E-state index is -0.667. The van der Waals surface area contributed by atoms with Gasteiger partial charge in [-0.2, -0.15) is 0 Å². The number of aromatic nitrogens is 1. The molecule has 0 spiro atoms. The number of nitrogens with one attached hydrogen (secondary N) is 1. The number of nitrogens with zero attached hydrogens (tertiary/aromatic N) is 3. The number of carbonyl (C=O) groups excluding carboxylic acids is 1. The molecular weight excluding hydrogens is 433 g/mol. The lowest BCUT2D eigenvalue weighted by Gasteiger charge is -2.35. The van der Waals surface area contributed by atoms with E-state index >= 15 is 0 Å². The molecule has 1 aliphatic heterocycles. The lowest BCUT2D eigenvalue weighted by Crippen LogP contribution is -2.44. The average molecular weight is 458 g/mol. The Labute approximate surface area is 190 Å². The molecule has 1 saturated heterocycles. The third-order valence-electron chi connectivity index (χ3n) is 5.57. The monoisotopic (exact) mass is 457 g/mol. The summed E-state index contributed by atoms with van der Waals surface area (Å²) in [6.07, 6.45) is 1.42. The summed E-state index contributed by atoms with van der Waals surface area (Å²) in [6, 6.07) is 8.30. The van der Waals surface area contributed by atoms with Gasteiger partial charge in [-0.25, -0.2) is 4.39 Å². The highest BCUT2D eigenvalue weighted by molar-refractivity contribution is 6.31. The molecule has 0 bridgehead atoms. The van der Waals surface area contributed by atoms with Gasteiger partial charge in [-0.1, -0.05) is 17.7 Å². The van der Waals surface area contributed by atoms with Gasteiger partial charge < -0.3 is 25.6 Å². The number of rotatable bonds is 6. The number of benzene rings is 2. The lowest BCUT2D eigenvalue weighted by atomic mass is 10.1. The number of hydrogen-bond acceptors (Lipinski definition) is 6. The Morgan fingerprint density at radius 1 is 1.25 bits per heavy atom. The summed E-state index contributed by atoms with van der Waals surface area (Å²) in [5.74, 6) is -0.567. The number of halogens is 2. The Kier molecular flexibility index (Phi) is 6.34. The second kappa shape index (κ2) is 9.18. The van der Waals surface area contributed by atoms with Crippen LogP contribution in [0, 0.1) is 5.82 Å². The fourth-order valence-corrected chi connectivity index (χ4v) is 4.07. The predicted molar refractivity (Wildman–Crippen MR) is 126 cm³/mol. The highest BCUT2D eigenvalue weighted by Crippen LogP contribution is 2.40. The molecule has 3 N–H and O–H groups in total. The fraction of sp³-hybridized carbons (Fsp3) is 0.304. The van der Waals surface area contributed by atoms with Gasteiger partial charge >= 0.3 is 0 Å². The van der Waals surface area contributed by atoms with Crippen molar-refractivity contribution in [3.63, 3.8) is 0 Å². The first-order chi connectivity index (χ1) is 15.4. The van der Waals surface area contributed by atoms with E-state index in [9.17, 15) is 9.18 Å². The number of fused-ring (bicyclic) bond motifs is 1. The molecular formula is C23H25ClFN5O2. The first-order valence-corrected chi connectivity index (χ1v) is 10.8. The Morgan fingerprint density at radius 3 is 2.69 bits per heavy atom. The molecule has 0 aliphatic carbocycles. The molecule has 3 aromatic rings. The van der Waals surface area contributed by atoms with E-state index in [1.54, 1.807) is 12.1 Å². The van der Waals surface area contributed by atoms with Crippen molar-refractivity contribution < 1.29 is 13.9 Å². The number of piperazine rings is 1. The van der Waals surface area contributed by atoms with E-state index in [-0.39, 0.29) is 16.3 Å². The van der Waals surface area contributed by atoms with Crippen molar-refractivity contribution in [1.29, 1.82) is 0 Å². The zero-order chi connectivity index (χ0) is 22.8. The molecule has 1 aromatic heterocycles. The maximum absolute atomic E-state index is 14.6. The average Bonchev–Trinajstić information content (AvgIpc) is 2.77. The van der Waals surface area contributed by atoms with E-state index in [1.807, 2.05) is 19.1 Å². The van der Waals surface area contributed by atoms with Gasteiger partial charge in [0.05, 0.1) is 34.1 Å². The van der Waals surface area contributed by atoms with Crippen LogP contribution in [0.15, 0.2) is 36.5 Å². The third kappa shape index (κ3) is 4.16. The molecule has 2 aromatic carbocycles. The van der Waals surface area contributed by atoms with E-state index in [1.165, 1.54) is 12.3 Å². The van der Waals surface area contributed by atoms with Crippen LogP contribution in [0.5, 0.6) is 5.75 Å². The second-order valence-electron chi connectivity index (χ2n) is 7.67. The highest BCUT2D eigenvalue weighted by Gasteiger charge is 2.24. The van der Waals surface area contributed by atoms with Gasteiger partial charge in [0.15, 0.2) is 5.82 Å². The summed E-state index contributed by atoms with van der Waals surface area (Å²) in [5.41, 5.74) is 7.80. The van der Waals surface area contributed by atoms with Crippen LogP contribution in [-0.2, 0) is 0 Å². The molecule has 1 aliphatic rings. The molecule has 0 saturated carbocycles. The second-order valence-corrected chi connectivity index (χ2v) is 8.08. The van der Waals surface area contributed by atoms with Gasteiger partial charge in [0.2, 0.25) is 0 Å². The zero-order valence-electron chi connectivity index (χ0n) is 18.0. The van der Waals surface area contributed by atoms with Crippen LogP contribution in [0.2, 0.25) is 5.02 Å². The van der Waals surface area contributed by atoms with Crippen molar-refractivity contribution in [2.75, 3.05) is 50.1 Å². The molecule has 4 rings (SSSR count). The van der Waals surface area contributed by atoms with Crippen LogP contribution >= 0.6 is 11.6 Å². The van der Waals surface area contributed by atoms with Crippen molar-refractivity contribution in [3.05, 3.63) is 52.9 Å². The number of carbonyl (C=O) groups is 1. The summed E-state index contributed by atoms with van der Waals surface area (Å²) < 4.78 is 20.5. The van der Waals surface area contributed by atoms with Crippen molar-refractivity contribution in [2.45, 2.75) is 6.92 Å². The van der Waals surface area contributed by atoms with Crippen LogP contribution in [0.3, 0.4) is 0 Å². The number of anilines is 3. The topological polar surface area (TPSA) is 83.7 Å². The van der Waals surface area contributed by atoms with E-state index < -0.39 is 11.7 Å². The van der Waals surface area contributed by atoms with Gasteiger partial charge in [0, 0.05) is 37.8 Å². The molecule has 0 unspecified atom stereocenters. The Bertz CT molecular complexity index is 1160. The normalized spacial score (nSPS) is 14.6. The zero-order valence-corrected chi connectivity index (χ0v) is 18.7. The minimum absolute atomic E-state index is 0.0225. The molecule has 168 valence electrons. The van der Waals surface area contributed by atoms with Crippen molar-refractivity contribution in [1.82, 2.24) is 9.88 Å². The number of pyridine rings is 1. The minimum Gasteiger partial charge on any atom is -0.492 e. The van der Waals surface area contributed by atoms with Gasteiger partial charge in [-0.05, 0) is 38.2 Å². The molecule has 9 heteroatoms. The standard InChI is InChI=1S/C23H25ClFN5O2/c1-3-32-18-8-7-14-20(28-17-6-4-5-16(24)19(17)25)15(23(26)31)13-27-21(14)22(18)30-11-9-29(2)10-12-30/h4-8,13H,3,9-12H2,1-2H3,(H2,26,31)(H,27,28). The van der Waals surface area contributed by atoms with Crippen LogP contribution < -0.4 is 20.7 Å². The van der Waals surface area contributed by atoms with E-state index in [2.05, 4.69) is 27.1 Å². The first kappa shape index (κ1) is 22.1. The van der Waals surface area contributed by atoms with Crippen molar-refractivity contribution >= 4 is 45.5 Å². The molecule has 0 atom stereocenters. The SMILES string of the molecule is CCOc1ccc2c(Nc3cccc(Cl)c3F)c(C(N)=O)cnc2c1N1CCN(C)CC1. The van der Waals surface area contributed by atoms with Gasteiger partial charge in [-0.15, -0.1) is 0 Å². The van der Waals surface area contributed by atoms with E-state index in [0.29, 0.717) is 28.9 Å². The number of ether oxygens (including phenoxy) is 1. The molecule has 2 heterocycles. The van der Waals surface area contributed by atoms with Crippen LogP contribution in [0.4, 0.5) is 21.5 Å². The Balaban J connectivity index is 1.92. The summed E-state index contributed by atoms with van der Waals surface area (Å²) in [7, 11) is 2.09. The number of amides is 1. The first-order valence-electron chi connectivity index (χ1n) is 10.4. The Morgan fingerprint density at radius 2 is 2.00 bits per heavy atom. The molecule has 1 fully saturated rings. The maximum atomic E-state index is 14.6. The van der Waals surface area contributed by atoms with Gasteiger partial charge in [0.1, 0.15) is 11.4 Å². The summed E-state index contributed by atoms with van der Waals surface area (Å²) in [4.78, 5) is 21.3. The van der Waals surface area contributed by atoms with E-state index in [4.69, 9.17) is 22.1 Å². The molecule has 1 amide bonds. The number of primary amides is 1. The van der Waals surface area contributed by atoms with Crippen LogP contribution in [0.1, 0.15) is 17.3 Å². The number of likely N-dealkylation sites (N-methyl/N-ethyl adjacent to an activating group) is 1. The Hall–Kier alpha value is -3.10. The van der Waals surface area contributed by atoms with Crippen molar-refractivity contribution in [3.8, 4) is 5.75 Å². The highest BCUT2D eigenvalue weighted by atomic mass is 35.5. The number of nitrogens with two attached hydrogens (primary N) is 1. The van der Waals surface area contributed by atoms with E-state index in [0.717, 1.165) is 31.9 Å². The van der Waals surface area contributed by atoms with Crippen LogP contribution in [0.25, 0.3) is 10.9 Å². The van der Waals surface area contributed by atoms with Crippen LogP contribution in [-0.4, -0.2) is 55.6 Å². The van der Waals surface area contributed by atoms with Gasteiger partial charge in [-0.3, -0.25) is 9.78 Å². The quantitative estimate of drug-likeness (QED) is 0.581. The maximum Gasteiger partial charge on any atom is 0.252 e. The lowest BCUT2D eigenvalue weighted by molar-refractivity contribution is 0.100. The fourth-order valence-electron chi connectivity index (χ4n) is 3.90. The predicted octanol–water partition coefficient (Wildman–Crippen LogP) is 4.02. The molecule has 32 heavy (non-hydrogen) atoms. The molecule has 0 radical (unpaired) electrons. The van der Waals surface area contributed by atoms with Gasteiger partial charge in [0.25, 0.3) is 5.91 Å². The number of hydrogen-bond donors (Lipinski definition) is 2. The molecule has 7 nitrogen and oxygen atoms in total.